The molecule has 9 heteroatoms. The minimum Gasteiger partial charge on any atom is -0.497 e. The SMILES string of the molecule is COc1ccc(N2C(=O)[C@H](c3ccccc3)[C@H]2[C@H]2OC(=O)[C@@]34c5cc(F)ccc5NC(=O)[C@@]23CCN4C)cc1. The highest BCUT2D eigenvalue weighted by Crippen LogP contribution is 2.65. The molecule has 39 heavy (non-hydrogen) atoms. The molecule has 3 saturated heterocycles. The number of carbonyl (C=O) groups excluding carboxylic acids is 3. The van der Waals surface area contributed by atoms with E-state index in [9.17, 15) is 18.8 Å². The Kier molecular flexibility index (Phi) is 4.97. The number of benzene rings is 3. The summed E-state index contributed by atoms with van der Waals surface area (Å²) in [7, 11) is 3.33. The van der Waals surface area contributed by atoms with E-state index < -0.39 is 40.8 Å². The second-order valence-electron chi connectivity index (χ2n) is 10.6. The number of esters is 1. The van der Waals surface area contributed by atoms with E-state index >= 15 is 0 Å². The maximum atomic E-state index is 14.6. The van der Waals surface area contributed by atoms with Crippen molar-refractivity contribution in [1.29, 1.82) is 0 Å². The molecule has 0 aromatic heterocycles. The smallest absolute Gasteiger partial charge is 0.332 e. The lowest BCUT2D eigenvalue weighted by Gasteiger charge is -2.53. The van der Waals surface area contributed by atoms with E-state index in [-0.39, 0.29) is 11.8 Å². The van der Waals surface area contributed by atoms with Crippen molar-refractivity contribution in [3.63, 3.8) is 0 Å². The zero-order valence-electron chi connectivity index (χ0n) is 21.4. The van der Waals surface area contributed by atoms with Crippen LogP contribution in [-0.2, 0) is 24.7 Å². The zero-order chi connectivity index (χ0) is 27.1. The summed E-state index contributed by atoms with van der Waals surface area (Å²) in [6.07, 6.45) is -0.666. The molecular formula is C30H26FN3O5. The van der Waals surface area contributed by atoms with Crippen LogP contribution >= 0.6 is 0 Å². The van der Waals surface area contributed by atoms with Crippen LogP contribution in [0.2, 0.25) is 0 Å². The number of carbonyl (C=O) groups is 3. The molecule has 4 heterocycles. The van der Waals surface area contributed by atoms with Crippen molar-refractivity contribution in [2.24, 2.45) is 5.41 Å². The first-order valence-electron chi connectivity index (χ1n) is 12.9. The maximum Gasteiger partial charge on any atom is 0.332 e. The van der Waals surface area contributed by atoms with Crippen LogP contribution in [0.25, 0.3) is 0 Å². The van der Waals surface area contributed by atoms with Crippen molar-refractivity contribution in [2.45, 2.75) is 30.0 Å². The van der Waals surface area contributed by atoms with Crippen molar-refractivity contribution in [2.75, 3.05) is 30.9 Å². The van der Waals surface area contributed by atoms with Crippen LogP contribution in [0.1, 0.15) is 23.5 Å². The number of amides is 2. The lowest BCUT2D eigenvalue weighted by atomic mass is 9.58. The fourth-order valence-electron chi connectivity index (χ4n) is 7.37. The van der Waals surface area contributed by atoms with Crippen molar-refractivity contribution in [1.82, 2.24) is 4.90 Å². The molecule has 3 fully saturated rings. The number of hydrogen-bond acceptors (Lipinski definition) is 6. The standard InChI is InChI=1S/C30H26FN3O5/c1-33-15-14-29-25(39-28(37)30(29,33)21-16-18(31)8-13-22(21)32-27(29)36)24-23(17-6-4-3-5-7-17)26(35)34(24)19-9-11-20(38-2)12-10-19/h3-13,16,23-25H,14-15H2,1-2H3,(H,32,36)/t23-,24+,25-,29-,30+/m1/s1. The third-order valence-corrected chi connectivity index (χ3v) is 9.06. The van der Waals surface area contributed by atoms with Gasteiger partial charge in [0.15, 0.2) is 5.54 Å². The molecule has 3 aromatic rings. The number of likely N-dealkylation sites (N-methyl/N-ethyl adjacent to an activating group) is 1. The van der Waals surface area contributed by atoms with Gasteiger partial charge in [-0.3, -0.25) is 14.5 Å². The van der Waals surface area contributed by atoms with Gasteiger partial charge in [-0.2, -0.15) is 0 Å². The topological polar surface area (TPSA) is 88.2 Å². The van der Waals surface area contributed by atoms with Gasteiger partial charge in [-0.15, -0.1) is 0 Å². The molecule has 198 valence electrons. The minimum absolute atomic E-state index is 0.157. The van der Waals surface area contributed by atoms with E-state index in [1.54, 1.807) is 43.3 Å². The number of rotatable bonds is 4. The highest BCUT2D eigenvalue weighted by Gasteiger charge is 2.81. The number of nitrogens with one attached hydrogen (secondary N) is 1. The molecule has 7 rings (SSSR count). The van der Waals surface area contributed by atoms with Gasteiger partial charge in [0.2, 0.25) is 11.8 Å². The Morgan fingerprint density at radius 3 is 2.49 bits per heavy atom. The monoisotopic (exact) mass is 527 g/mol. The van der Waals surface area contributed by atoms with Crippen LogP contribution < -0.4 is 15.0 Å². The normalized spacial score (nSPS) is 31.1. The van der Waals surface area contributed by atoms with Crippen LogP contribution in [0, 0.1) is 11.2 Å². The Bertz CT molecular complexity index is 1530. The molecule has 8 nitrogen and oxygen atoms in total. The minimum atomic E-state index is -1.51. The number of cyclic esters (lactones) is 1. The number of hydrogen-bond donors (Lipinski definition) is 1. The Morgan fingerprint density at radius 1 is 1.03 bits per heavy atom. The van der Waals surface area contributed by atoms with E-state index in [1.165, 1.54) is 18.2 Å². The third kappa shape index (κ3) is 2.83. The molecule has 4 aliphatic rings. The quantitative estimate of drug-likeness (QED) is 0.413. The molecule has 0 aliphatic carbocycles. The number of anilines is 2. The third-order valence-electron chi connectivity index (χ3n) is 9.06. The number of halogens is 1. The summed E-state index contributed by atoms with van der Waals surface area (Å²) in [5.74, 6) is -1.63. The molecule has 4 aliphatic heterocycles. The second-order valence-corrected chi connectivity index (χ2v) is 10.6. The van der Waals surface area contributed by atoms with Gasteiger partial charge in [-0.05, 0) is 61.5 Å². The van der Waals surface area contributed by atoms with Crippen molar-refractivity contribution in [3.05, 3.63) is 89.7 Å². The van der Waals surface area contributed by atoms with Gasteiger partial charge in [0, 0.05) is 23.5 Å². The molecule has 0 radical (unpaired) electrons. The van der Waals surface area contributed by atoms with E-state index in [1.807, 2.05) is 35.2 Å². The van der Waals surface area contributed by atoms with E-state index in [4.69, 9.17) is 9.47 Å². The highest BCUT2D eigenvalue weighted by molar-refractivity contribution is 6.12. The van der Waals surface area contributed by atoms with Crippen molar-refractivity contribution in [3.8, 4) is 5.75 Å². The summed E-state index contributed by atoms with van der Waals surface area (Å²) in [6, 6.07) is 19.8. The maximum absolute atomic E-state index is 14.6. The first-order valence-corrected chi connectivity index (χ1v) is 12.9. The number of β-lactam (4-membered cyclic amide) rings is 1. The molecule has 5 atom stereocenters. The number of likely N-dealkylation sites (tertiary alicyclic amines) is 1. The zero-order valence-corrected chi connectivity index (χ0v) is 21.4. The van der Waals surface area contributed by atoms with Gasteiger partial charge in [0.1, 0.15) is 23.1 Å². The fraction of sp³-hybridized carbons (Fsp3) is 0.300. The number of methoxy groups -OCH3 is 1. The molecule has 0 bridgehead atoms. The predicted octanol–water partition coefficient (Wildman–Crippen LogP) is 3.43. The Balaban J connectivity index is 1.42. The van der Waals surface area contributed by atoms with Crippen LogP contribution in [0.5, 0.6) is 5.75 Å². The molecule has 2 amide bonds. The second kappa shape index (κ2) is 8.13. The molecular weight excluding hydrogens is 501 g/mol. The van der Waals surface area contributed by atoms with Gasteiger partial charge < -0.3 is 19.7 Å². The average molecular weight is 528 g/mol. The summed E-state index contributed by atoms with van der Waals surface area (Å²) in [6.45, 7) is 0.425. The number of nitrogens with zero attached hydrogens (tertiary/aromatic N) is 2. The van der Waals surface area contributed by atoms with Gasteiger partial charge >= 0.3 is 5.97 Å². The fourth-order valence-corrected chi connectivity index (χ4v) is 7.37. The first kappa shape index (κ1) is 23.8. The van der Waals surface area contributed by atoms with Crippen LogP contribution in [0.15, 0.2) is 72.8 Å². The van der Waals surface area contributed by atoms with E-state index in [2.05, 4.69) is 5.32 Å². The largest absolute Gasteiger partial charge is 0.497 e. The van der Waals surface area contributed by atoms with Crippen molar-refractivity contribution < 1.29 is 28.2 Å². The van der Waals surface area contributed by atoms with Gasteiger partial charge in [-0.1, -0.05) is 30.3 Å². The molecule has 0 unspecified atom stereocenters. The molecule has 0 spiro atoms. The molecule has 3 aromatic carbocycles. The van der Waals surface area contributed by atoms with Crippen LogP contribution in [0.3, 0.4) is 0 Å². The van der Waals surface area contributed by atoms with Gasteiger partial charge in [0.05, 0.1) is 19.1 Å². The molecule has 0 saturated carbocycles. The van der Waals surface area contributed by atoms with Crippen LogP contribution in [-0.4, -0.2) is 55.5 Å². The summed E-state index contributed by atoms with van der Waals surface area (Å²) in [5.41, 5.74) is -0.730. The molecule has 1 N–H and O–H groups in total. The Morgan fingerprint density at radius 2 is 1.77 bits per heavy atom. The number of ether oxygens (including phenoxy) is 2. The summed E-state index contributed by atoms with van der Waals surface area (Å²) in [4.78, 5) is 45.4. The summed E-state index contributed by atoms with van der Waals surface area (Å²) in [5, 5.41) is 2.94. The summed E-state index contributed by atoms with van der Waals surface area (Å²) < 4.78 is 26.1. The predicted molar refractivity (Wildman–Crippen MR) is 140 cm³/mol. The lowest BCUT2D eigenvalue weighted by molar-refractivity contribution is -0.152. The Hall–Kier alpha value is -4.24. The van der Waals surface area contributed by atoms with Crippen LogP contribution in [0.4, 0.5) is 15.8 Å². The average Bonchev–Trinajstić information content (AvgIpc) is 3.41. The van der Waals surface area contributed by atoms with E-state index in [0.29, 0.717) is 35.7 Å². The van der Waals surface area contributed by atoms with E-state index in [0.717, 1.165) is 5.56 Å². The highest BCUT2D eigenvalue weighted by atomic mass is 19.1. The first-order chi connectivity index (χ1) is 18.8. The van der Waals surface area contributed by atoms with Gasteiger partial charge in [0.25, 0.3) is 0 Å². The summed E-state index contributed by atoms with van der Waals surface area (Å²) >= 11 is 0. The number of fused-ring (bicyclic) bond motifs is 1. The van der Waals surface area contributed by atoms with Gasteiger partial charge in [-0.25, -0.2) is 9.18 Å². The van der Waals surface area contributed by atoms with Crippen molar-refractivity contribution >= 4 is 29.2 Å². The Labute approximate surface area is 224 Å². The lowest BCUT2D eigenvalue weighted by Crippen LogP contribution is -2.70.